The summed E-state index contributed by atoms with van der Waals surface area (Å²) in [5, 5.41) is 4.43. The van der Waals surface area contributed by atoms with Crippen molar-refractivity contribution in [1.82, 2.24) is 9.88 Å². The number of hydrogen-bond acceptors (Lipinski definition) is 5. The highest BCUT2D eigenvalue weighted by Gasteiger charge is 2.18. The van der Waals surface area contributed by atoms with Crippen LogP contribution in [-0.4, -0.2) is 35.3 Å². The third kappa shape index (κ3) is 5.11. The molecule has 1 aliphatic rings. The number of hydrogen-bond donors (Lipinski definition) is 2. The lowest BCUT2D eigenvalue weighted by atomic mass is 10.1. The van der Waals surface area contributed by atoms with Crippen molar-refractivity contribution in [2.75, 3.05) is 25.6 Å². The van der Waals surface area contributed by atoms with Gasteiger partial charge >= 0.3 is 0 Å². The Labute approximate surface area is 212 Å². The lowest BCUT2D eigenvalue weighted by molar-refractivity contribution is 0.172. The van der Waals surface area contributed by atoms with Gasteiger partial charge in [-0.15, -0.1) is 0 Å². The van der Waals surface area contributed by atoms with Gasteiger partial charge in [-0.3, -0.25) is 4.79 Å². The van der Waals surface area contributed by atoms with Gasteiger partial charge in [0.05, 0.1) is 24.9 Å². The summed E-state index contributed by atoms with van der Waals surface area (Å²) in [5.41, 5.74) is 2.49. The molecule has 7 nitrogen and oxygen atoms in total. The van der Waals surface area contributed by atoms with E-state index in [9.17, 15) is 9.18 Å². The largest absolute Gasteiger partial charge is 0.495 e. The van der Waals surface area contributed by atoms with Crippen molar-refractivity contribution in [1.29, 1.82) is 0 Å². The molecule has 2 N–H and O–H groups in total. The third-order valence-electron chi connectivity index (χ3n) is 5.87. The minimum absolute atomic E-state index is 0.220. The Hall–Kier alpha value is -4.11. The van der Waals surface area contributed by atoms with Crippen LogP contribution < -0.4 is 25.1 Å². The maximum atomic E-state index is 13.5. The van der Waals surface area contributed by atoms with Crippen molar-refractivity contribution in [2.24, 2.45) is 0 Å². The van der Waals surface area contributed by atoms with Gasteiger partial charge in [0.2, 0.25) is 0 Å². The van der Waals surface area contributed by atoms with E-state index in [1.165, 1.54) is 12.1 Å². The number of H-pyrrole nitrogens is 1. The number of rotatable bonds is 6. The van der Waals surface area contributed by atoms with Crippen molar-refractivity contribution >= 4 is 33.9 Å². The minimum atomic E-state index is -0.319. The van der Waals surface area contributed by atoms with Gasteiger partial charge in [-0.1, -0.05) is 24.3 Å². The highest BCUT2D eigenvalue weighted by molar-refractivity contribution is 7.80. The smallest absolute Gasteiger partial charge is 0.253 e. The SMILES string of the molecule is COc1ccccc1NC(=S)N(Cc1ccc(F)cc1)Cc1cc2cc3c(cc2[nH]c1=O)OCCO3. The van der Waals surface area contributed by atoms with Crippen LogP contribution in [0.15, 0.2) is 71.5 Å². The fourth-order valence-corrected chi connectivity index (χ4v) is 4.30. The Morgan fingerprint density at radius 2 is 1.78 bits per heavy atom. The van der Waals surface area contributed by atoms with E-state index in [2.05, 4.69) is 10.3 Å². The zero-order chi connectivity index (χ0) is 25.1. The van der Waals surface area contributed by atoms with Crippen LogP contribution >= 0.6 is 12.2 Å². The predicted molar refractivity (Wildman–Crippen MR) is 140 cm³/mol. The van der Waals surface area contributed by atoms with E-state index in [4.69, 9.17) is 26.4 Å². The zero-order valence-corrected chi connectivity index (χ0v) is 20.4. The number of aromatic amines is 1. The van der Waals surface area contributed by atoms with Crippen molar-refractivity contribution in [3.05, 3.63) is 94.0 Å². The second-order valence-corrected chi connectivity index (χ2v) is 8.71. The van der Waals surface area contributed by atoms with Gasteiger partial charge in [-0.05, 0) is 54.2 Å². The summed E-state index contributed by atoms with van der Waals surface area (Å²) in [6.07, 6.45) is 0. The van der Waals surface area contributed by atoms with Crippen LogP contribution in [0.4, 0.5) is 10.1 Å². The van der Waals surface area contributed by atoms with E-state index in [0.717, 1.165) is 10.9 Å². The molecule has 0 spiro atoms. The van der Waals surface area contributed by atoms with Gasteiger partial charge in [-0.25, -0.2) is 4.39 Å². The van der Waals surface area contributed by atoms with E-state index < -0.39 is 0 Å². The van der Waals surface area contributed by atoms with Gasteiger partial charge in [0.1, 0.15) is 24.8 Å². The van der Waals surface area contributed by atoms with E-state index in [0.29, 0.717) is 58.9 Å². The Morgan fingerprint density at radius 1 is 1.06 bits per heavy atom. The molecule has 36 heavy (non-hydrogen) atoms. The molecular formula is C27H24FN3O4S. The number of ether oxygens (including phenoxy) is 3. The van der Waals surface area contributed by atoms with Gasteiger partial charge in [0.25, 0.3) is 5.56 Å². The van der Waals surface area contributed by atoms with E-state index >= 15 is 0 Å². The highest BCUT2D eigenvalue weighted by Crippen LogP contribution is 2.33. The molecule has 0 unspecified atom stereocenters. The van der Waals surface area contributed by atoms with Crippen LogP contribution in [-0.2, 0) is 13.1 Å². The number of nitrogens with zero attached hydrogens (tertiary/aromatic N) is 1. The Bertz CT molecular complexity index is 1470. The summed E-state index contributed by atoms with van der Waals surface area (Å²) in [6, 6.07) is 19.1. The molecule has 0 saturated carbocycles. The van der Waals surface area contributed by atoms with Crippen LogP contribution in [0.1, 0.15) is 11.1 Å². The monoisotopic (exact) mass is 505 g/mol. The Morgan fingerprint density at radius 3 is 2.53 bits per heavy atom. The summed E-state index contributed by atoms with van der Waals surface area (Å²) in [4.78, 5) is 17.8. The summed E-state index contributed by atoms with van der Waals surface area (Å²) >= 11 is 5.74. The molecule has 5 rings (SSSR count). The molecule has 1 aromatic heterocycles. The number of anilines is 1. The molecule has 0 amide bonds. The van der Waals surface area contributed by atoms with E-state index in [-0.39, 0.29) is 17.9 Å². The number of benzene rings is 3. The summed E-state index contributed by atoms with van der Waals surface area (Å²) in [5.74, 6) is 1.57. The van der Waals surface area contributed by atoms with Crippen molar-refractivity contribution in [3.63, 3.8) is 0 Å². The van der Waals surface area contributed by atoms with Crippen molar-refractivity contribution < 1.29 is 18.6 Å². The highest BCUT2D eigenvalue weighted by atomic mass is 32.1. The summed E-state index contributed by atoms with van der Waals surface area (Å²) in [6.45, 7) is 1.52. The lowest BCUT2D eigenvalue weighted by Gasteiger charge is -2.26. The molecule has 0 atom stereocenters. The maximum absolute atomic E-state index is 13.5. The maximum Gasteiger partial charge on any atom is 0.253 e. The number of fused-ring (bicyclic) bond motifs is 2. The van der Waals surface area contributed by atoms with Gasteiger partial charge in [-0.2, -0.15) is 0 Å². The fraction of sp³-hybridized carbons (Fsp3) is 0.185. The number of thiocarbonyl (C=S) groups is 1. The first-order chi connectivity index (χ1) is 17.5. The third-order valence-corrected chi connectivity index (χ3v) is 6.23. The molecule has 2 heterocycles. The van der Waals surface area contributed by atoms with Crippen LogP contribution in [0.5, 0.6) is 17.2 Å². The standard InChI is InChI=1S/C27H24FN3O4S/c1-33-23-5-3-2-4-21(23)30-27(36)31(15-17-6-8-20(28)9-7-17)16-19-12-18-13-24-25(35-11-10-34-24)14-22(18)29-26(19)32/h2-9,12-14H,10-11,15-16H2,1H3,(H,29,32)(H,30,36). The molecule has 0 fully saturated rings. The first-order valence-electron chi connectivity index (χ1n) is 11.4. The molecule has 3 aromatic carbocycles. The van der Waals surface area contributed by atoms with Gasteiger partial charge in [0.15, 0.2) is 16.6 Å². The molecule has 4 aromatic rings. The molecule has 0 aliphatic carbocycles. The Kier molecular flexibility index (Phi) is 6.73. The van der Waals surface area contributed by atoms with Crippen molar-refractivity contribution in [3.8, 4) is 17.2 Å². The van der Waals surface area contributed by atoms with E-state index in [1.54, 1.807) is 25.3 Å². The average molecular weight is 506 g/mol. The minimum Gasteiger partial charge on any atom is -0.495 e. The van der Waals surface area contributed by atoms with Crippen LogP contribution in [0, 0.1) is 5.82 Å². The molecular weight excluding hydrogens is 481 g/mol. The van der Waals surface area contributed by atoms with Crippen LogP contribution in [0.25, 0.3) is 10.9 Å². The Balaban J connectivity index is 1.47. The van der Waals surface area contributed by atoms with Gasteiger partial charge in [0, 0.05) is 23.6 Å². The van der Waals surface area contributed by atoms with Crippen molar-refractivity contribution in [2.45, 2.75) is 13.1 Å². The first-order valence-corrected chi connectivity index (χ1v) is 11.8. The predicted octanol–water partition coefficient (Wildman–Crippen LogP) is 4.85. The lowest BCUT2D eigenvalue weighted by Crippen LogP contribution is -2.35. The summed E-state index contributed by atoms with van der Waals surface area (Å²) < 4.78 is 30.2. The number of methoxy groups -OCH3 is 1. The number of halogens is 1. The molecule has 0 radical (unpaired) electrons. The molecule has 184 valence electrons. The second kappa shape index (κ2) is 10.2. The quantitative estimate of drug-likeness (QED) is 0.363. The first kappa shape index (κ1) is 23.6. The van der Waals surface area contributed by atoms with Crippen LogP contribution in [0.3, 0.4) is 0 Å². The number of aromatic nitrogens is 1. The topological polar surface area (TPSA) is 75.8 Å². The van der Waals surface area contributed by atoms with E-state index in [1.807, 2.05) is 41.3 Å². The average Bonchev–Trinajstić information content (AvgIpc) is 2.89. The van der Waals surface area contributed by atoms with Crippen LogP contribution in [0.2, 0.25) is 0 Å². The second-order valence-electron chi connectivity index (χ2n) is 8.32. The number of pyridine rings is 1. The normalized spacial score (nSPS) is 12.3. The summed E-state index contributed by atoms with van der Waals surface area (Å²) in [7, 11) is 1.59. The molecule has 1 aliphatic heterocycles. The van der Waals surface area contributed by atoms with Gasteiger partial charge < -0.3 is 29.4 Å². The number of para-hydroxylation sites is 2. The fourth-order valence-electron chi connectivity index (χ4n) is 4.06. The zero-order valence-electron chi connectivity index (χ0n) is 19.5. The molecule has 0 saturated heterocycles. The number of nitrogens with one attached hydrogen (secondary N) is 2. The molecule has 0 bridgehead atoms. The molecule has 9 heteroatoms.